The number of esters is 2. The molecule has 0 bridgehead atoms. The third-order valence-electron chi connectivity index (χ3n) is 4.47. The van der Waals surface area contributed by atoms with Gasteiger partial charge in [-0.05, 0) is 46.8 Å². The van der Waals surface area contributed by atoms with E-state index in [-0.39, 0.29) is 6.79 Å². The lowest BCUT2D eigenvalue weighted by atomic mass is 10.0. The van der Waals surface area contributed by atoms with Crippen LogP contribution in [-0.2, 0) is 19.1 Å². The van der Waals surface area contributed by atoms with Crippen LogP contribution in [0.4, 0.5) is 0 Å². The molecule has 0 aromatic heterocycles. The molecule has 0 saturated carbocycles. The SMILES string of the molecule is C/C=C(/C)C(=O)O[C@@H](C)[C@H](OC(=O)/C(C)=C\C)c1cc(OC)c2c(c1)OCO2. The van der Waals surface area contributed by atoms with Crippen molar-refractivity contribution < 1.29 is 33.3 Å². The Morgan fingerprint density at radius 2 is 1.64 bits per heavy atom. The highest BCUT2D eigenvalue weighted by Crippen LogP contribution is 2.44. The van der Waals surface area contributed by atoms with E-state index in [0.29, 0.717) is 34.0 Å². The van der Waals surface area contributed by atoms with Gasteiger partial charge in [-0.15, -0.1) is 0 Å². The zero-order valence-corrected chi connectivity index (χ0v) is 17.0. The summed E-state index contributed by atoms with van der Waals surface area (Å²) in [5, 5.41) is 0. The summed E-state index contributed by atoms with van der Waals surface area (Å²) in [6.45, 7) is 8.54. The molecule has 0 spiro atoms. The number of allylic oxidation sites excluding steroid dienone is 2. The molecule has 0 N–H and O–H groups in total. The molecule has 1 aromatic rings. The van der Waals surface area contributed by atoms with E-state index < -0.39 is 24.1 Å². The predicted molar refractivity (Wildman–Crippen MR) is 102 cm³/mol. The van der Waals surface area contributed by atoms with Crippen molar-refractivity contribution in [1.82, 2.24) is 0 Å². The van der Waals surface area contributed by atoms with Crippen LogP contribution in [0.5, 0.6) is 17.2 Å². The van der Waals surface area contributed by atoms with E-state index in [2.05, 4.69) is 0 Å². The van der Waals surface area contributed by atoms with Crippen molar-refractivity contribution >= 4 is 11.9 Å². The molecular weight excluding hydrogens is 364 g/mol. The second-order valence-corrected chi connectivity index (χ2v) is 6.34. The van der Waals surface area contributed by atoms with Gasteiger partial charge >= 0.3 is 11.9 Å². The van der Waals surface area contributed by atoms with Crippen molar-refractivity contribution in [3.63, 3.8) is 0 Å². The van der Waals surface area contributed by atoms with Crippen LogP contribution in [-0.4, -0.2) is 31.9 Å². The number of fused-ring (bicyclic) bond motifs is 1. The summed E-state index contributed by atoms with van der Waals surface area (Å²) in [6, 6.07) is 3.38. The Hall–Kier alpha value is -2.96. The maximum absolute atomic E-state index is 12.4. The van der Waals surface area contributed by atoms with Gasteiger partial charge in [-0.3, -0.25) is 0 Å². The maximum atomic E-state index is 12.4. The molecule has 1 aliphatic rings. The fourth-order valence-electron chi connectivity index (χ4n) is 2.52. The summed E-state index contributed by atoms with van der Waals surface area (Å²) in [5.41, 5.74) is 1.47. The molecule has 0 fully saturated rings. The molecule has 1 heterocycles. The van der Waals surface area contributed by atoms with E-state index >= 15 is 0 Å². The zero-order chi connectivity index (χ0) is 20.8. The monoisotopic (exact) mass is 390 g/mol. The van der Waals surface area contributed by atoms with E-state index in [1.165, 1.54) is 7.11 Å². The third kappa shape index (κ3) is 4.65. The van der Waals surface area contributed by atoms with E-state index in [9.17, 15) is 9.59 Å². The third-order valence-corrected chi connectivity index (χ3v) is 4.47. The zero-order valence-electron chi connectivity index (χ0n) is 17.0. The average Bonchev–Trinajstić information content (AvgIpc) is 3.18. The molecule has 0 radical (unpaired) electrons. The van der Waals surface area contributed by atoms with E-state index in [0.717, 1.165) is 0 Å². The highest BCUT2D eigenvalue weighted by Gasteiger charge is 2.31. The van der Waals surface area contributed by atoms with Crippen LogP contribution in [0, 0.1) is 0 Å². The maximum Gasteiger partial charge on any atom is 0.334 e. The number of rotatable bonds is 7. The lowest BCUT2D eigenvalue weighted by Crippen LogP contribution is -2.27. The van der Waals surface area contributed by atoms with Crippen molar-refractivity contribution in [3.05, 3.63) is 41.0 Å². The van der Waals surface area contributed by atoms with Gasteiger partial charge in [0.15, 0.2) is 17.6 Å². The lowest BCUT2D eigenvalue weighted by Gasteiger charge is -2.25. The number of hydrogen-bond acceptors (Lipinski definition) is 7. The Balaban J connectivity index is 2.40. The minimum Gasteiger partial charge on any atom is -0.493 e. The summed E-state index contributed by atoms with van der Waals surface area (Å²) in [5.74, 6) is 0.412. The highest BCUT2D eigenvalue weighted by atomic mass is 16.7. The molecule has 2 rings (SSSR count). The standard InChI is InChI=1S/C21H26O7/c1-7-12(3)20(22)27-14(5)18(28-21(23)13(4)8-2)15-9-16(24-6)19-17(10-15)25-11-26-19/h7-10,14,18H,11H2,1-6H3/b12-7-,13-8-/t14-,18-/m0/s1. The highest BCUT2D eigenvalue weighted by molar-refractivity contribution is 5.88. The second-order valence-electron chi connectivity index (χ2n) is 6.34. The second kappa shape index (κ2) is 9.30. The Morgan fingerprint density at radius 1 is 1.04 bits per heavy atom. The van der Waals surface area contributed by atoms with Gasteiger partial charge in [-0.25, -0.2) is 9.59 Å². The minimum absolute atomic E-state index is 0.0717. The summed E-state index contributed by atoms with van der Waals surface area (Å²) in [7, 11) is 1.50. The van der Waals surface area contributed by atoms with Gasteiger partial charge in [0, 0.05) is 16.7 Å². The van der Waals surface area contributed by atoms with Crippen LogP contribution in [0.15, 0.2) is 35.4 Å². The normalized spacial score (nSPS) is 15.6. The van der Waals surface area contributed by atoms with Crippen LogP contribution in [0.3, 0.4) is 0 Å². The van der Waals surface area contributed by atoms with Gasteiger partial charge in [-0.1, -0.05) is 12.2 Å². The number of carbonyl (C=O) groups is 2. The summed E-state index contributed by atoms with van der Waals surface area (Å²) < 4.78 is 27.4. The molecule has 28 heavy (non-hydrogen) atoms. The van der Waals surface area contributed by atoms with Crippen LogP contribution < -0.4 is 14.2 Å². The van der Waals surface area contributed by atoms with Crippen molar-refractivity contribution in [2.24, 2.45) is 0 Å². The number of methoxy groups -OCH3 is 1. The summed E-state index contributed by atoms with van der Waals surface area (Å²) in [4.78, 5) is 24.6. The van der Waals surface area contributed by atoms with Crippen molar-refractivity contribution in [2.45, 2.75) is 46.8 Å². The molecule has 2 atom stereocenters. The number of benzene rings is 1. The summed E-state index contributed by atoms with van der Waals surface area (Å²) in [6.07, 6.45) is 1.70. The van der Waals surface area contributed by atoms with Crippen LogP contribution in [0.2, 0.25) is 0 Å². The molecule has 0 aliphatic carbocycles. The molecule has 1 aliphatic heterocycles. The van der Waals surface area contributed by atoms with E-state index in [4.69, 9.17) is 23.7 Å². The van der Waals surface area contributed by atoms with Crippen LogP contribution >= 0.6 is 0 Å². The van der Waals surface area contributed by atoms with Crippen molar-refractivity contribution in [3.8, 4) is 17.2 Å². The number of ether oxygens (including phenoxy) is 5. The van der Waals surface area contributed by atoms with Gasteiger partial charge in [0.05, 0.1) is 7.11 Å². The largest absolute Gasteiger partial charge is 0.493 e. The Bertz CT molecular complexity index is 807. The first-order chi connectivity index (χ1) is 13.3. The number of hydrogen-bond donors (Lipinski definition) is 0. The molecule has 1 aromatic carbocycles. The van der Waals surface area contributed by atoms with E-state index in [1.807, 2.05) is 0 Å². The molecule has 7 nitrogen and oxygen atoms in total. The Kier molecular flexibility index (Phi) is 7.09. The first-order valence-corrected chi connectivity index (χ1v) is 8.97. The fourth-order valence-corrected chi connectivity index (χ4v) is 2.52. The Labute approximate surface area is 164 Å². The molecular formula is C21H26O7. The molecule has 0 amide bonds. The van der Waals surface area contributed by atoms with Gasteiger partial charge in [0.2, 0.25) is 12.5 Å². The molecule has 152 valence electrons. The quantitative estimate of drug-likeness (QED) is 0.516. The smallest absolute Gasteiger partial charge is 0.334 e. The molecule has 7 heteroatoms. The molecule has 0 unspecified atom stereocenters. The molecule has 0 saturated heterocycles. The van der Waals surface area contributed by atoms with Gasteiger partial charge in [-0.2, -0.15) is 0 Å². The van der Waals surface area contributed by atoms with Gasteiger partial charge in [0.25, 0.3) is 0 Å². The first-order valence-electron chi connectivity index (χ1n) is 8.97. The first kappa shape index (κ1) is 21.3. The van der Waals surface area contributed by atoms with Crippen LogP contribution in [0.1, 0.15) is 46.3 Å². The lowest BCUT2D eigenvalue weighted by molar-refractivity contribution is -0.162. The predicted octanol–water partition coefficient (Wildman–Crippen LogP) is 3.87. The van der Waals surface area contributed by atoms with Crippen LogP contribution in [0.25, 0.3) is 0 Å². The van der Waals surface area contributed by atoms with Gasteiger partial charge < -0.3 is 23.7 Å². The van der Waals surface area contributed by atoms with Crippen molar-refractivity contribution in [1.29, 1.82) is 0 Å². The minimum atomic E-state index is -0.862. The number of carbonyl (C=O) groups excluding carboxylic acids is 2. The topological polar surface area (TPSA) is 80.3 Å². The summed E-state index contributed by atoms with van der Waals surface area (Å²) >= 11 is 0. The van der Waals surface area contributed by atoms with Gasteiger partial charge in [0.1, 0.15) is 6.10 Å². The fraction of sp³-hybridized carbons (Fsp3) is 0.429. The van der Waals surface area contributed by atoms with E-state index in [1.54, 1.807) is 58.9 Å². The van der Waals surface area contributed by atoms with Crippen molar-refractivity contribution in [2.75, 3.05) is 13.9 Å². The Morgan fingerprint density at radius 3 is 2.21 bits per heavy atom. The average molecular weight is 390 g/mol.